The third-order valence-corrected chi connectivity index (χ3v) is 10.0. The van der Waals surface area contributed by atoms with Crippen LogP contribution in [0.25, 0.3) is 44.3 Å². The second-order valence-corrected chi connectivity index (χ2v) is 15.2. The zero-order valence-electron chi connectivity index (χ0n) is 36.8. The third-order valence-electron chi connectivity index (χ3n) is 9.44. The van der Waals surface area contributed by atoms with Gasteiger partial charge in [-0.1, -0.05) is 23.2 Å². The van der Waals surface area contributed by atoms with Gasteiger partial charge in [-0.05, 0) is 156 Å². The number of hydrogen-bond acceptors (Lipinski definition) is 10. The highest BCUT2D eigenvalue weighted by atomic mass is 35.5. The van der Waals surface area contributed by atoms with Crippen LogP contribution in [0.4, 0.5) is 0 Å². The molecule has 0 aliphatic rings. The van der Waals surface area contributed by atoms with Crippen LogP contribution >= 0.6 is 23.2 Å². The van der Waals surface area contributed by atoms with Crippen LogP contribution in [0.2, 0.25) is 10.3 Å². The molecule has 4 aromatic heterocycles. The molecule has 0 unspecified atom stereocenters. The first-order valence-electron chi connectivity index (χ1n) is 20.3. The number of rotatable bonds is 12. The quantitative estimate of drug-likeness (QED) is 0.110. The molecule has 62 heavy (non-hydrogen) atoms. The Labute approximate surface area is 373 Å². The molecule has 4 heterocycles. The molecule has 0 radical (unpaired) electrons. The van der Waals surface area contributed by atoms with Crippen LogP contribution in [0.3, 0.4) is 0 Å². The van der Waals surface area contributed by atoms with Crippen molar-refractivity contribution in [1.82, 2.24) is 24.8 Å². The first-order valence-corrected chi connectivity index (χ1v) is 21.0. The zero-order valence-corrected chi connectivity index (χ0v) is 38.3. The summed E-state index contributed by atoms with van der Waals surface area (Å²) in [5.41, 5.74) is 4.62. The van der Waals surface area contributed by atoms with Gasteiger partial charge in [0.15, 0.2) is 0 Å². The van der Waals surface area contributed by atoms with Crippen LogP contribution in [-0.4, -0.2) is 77.4 Å². The van der Waals surface area contributed by atoms with Crippen molar-refractivity contribution in [3.63, 3.8) is 0 Å². The lowest BCUT2D eigenvalue weighted by Crippen LogP contribution is -2.30. The third kappa shape index (κ3) is 12.2. The van der Waals surface area contributed by atoms with E-state index in [4.69, 9.17) is 46.9 Å². The monoisotopic (exact) mass is 877 g/mol. The second kappa shape index (κ2) is 22.1. The van der Waals surface area contributed by atoms with Crippen molar-refractivity contribution in [1.29, 1.82) is 0 Å². The number of pyridine rings is 4. The molecule has 1 amide bonds. The minimum atomic E-state index is 0.0881. The Hall–Kier alpha value is -6.17. The molecule has 0 N–H and O–H groups in total. The Morgan fingerprint density at radius 3 is 1.32 bits per heavy atom. The lowest BCUT2D eigenvalue weighted by atomic mass is 10.1. The van der Waals surface area contributed by atoms with Crippen molar-refractivity contribution in [2.24, 2.45) is 0 Å². The van der Waals surface area contributed by atoms with E-state index in [-0.39, 0.29) is 18.1 Å². The number of aryl methyl sites for hydroxylation is 1. The molecule has 0 spiro atoms. The molecule has 0 saturated heterocycles. The Kier molecular flexibility index (Phi) is 16.7. The van der Waals surface area contributed by atoms with E-state index in [0.717, 1.165) is 85.9 Å². The highest BCUT2D eigenvalue weighted by Gasteiger charge is 2.15. The van der Waals surface area contributed by atoms with Gasteiger partial charge < -0.3 is 28.6 Å². The maximum Gasteiger partial charge on any atom is 0.254 e. The van der Waals surface area contributed by atoms with Crippen LogP contribution in [0.5, 0.6) is 28.7 Å². The summed E-state index contributed by atoms with van der Waals surface area (Å²) in [6, 6.07) is 28.4. The van der Waals surface area contributed by atoms with Crippen molar-refractivity contribution in [3.05, 3.63) is 125 Å². The number of halogens is 2. The predicted octanol–water partition coefficient (Wildman–Crippen LogP) is 12.0. The topological polar surface area (TPSA) is 118 Å². The first kappa shape index (κ1) is 46.9. The van der Waals surface area contributed by atoms with Gasteiger partial charge in [-0.3, -0.25) is 14.8 Å². The number of aromatic nitrogens is 4. The average Bonchev–Trinajstić information content (AvgIpc) is 3.26. The molecule has 0 fully saturated rings. The summed E-state index contributed by atoms with van der Waals surface area (Å²) in [7, 11) is 4.90. The van der Waals surface area contributed by atoms with Crippen LogP contribution in [0, 0.1) is 6.92 Å². The number of hydrogen-bond donors (Lipinski definition) is 0. The van der Waals surface area contributed by atoms with E-state index in [1.165, 1.54) is 0 Å². The molecule has 11 nitrogen and oxygen atoms in total. The van der Waals surface area contributed by atoms with E-state index < -0.39 is 0 Å². The minimum Gasteiger partial charge on any atom is -0.497 e. The average molecular weight is 879 g/mol. The van der Waals surface area contributed by atoms with Crippen molar-refractivity contribution in [2.45, 2.75) is 60.7 Å². The van der Waals surface area contributed by atoms with Gasteiger partial charge >= 0.3 is 0 Å². The van der Waals surface area contributed by atoms with Gasteiger partial charge in [-0.25, -0.2) is 9.97 Å². The molecule has 13 heteroatoms. The molecular formula is C49H53Cl2N5O6. The van der Waals surface area contributed by atoms with E-state index >= 15 is 0 Å². The van der Waals surface area contributed by atoms with Gasteiger partial charge in [0.2, 0.25) is 0 Å². The van der Waals surface area contributed by atoms with Gasteiger partial charge in [0.25, 0.3) is 5.91 Å². The number of benzene rings is 3. The maximum atomic E-state index is 12.1. The zero-order chi connectivity index (χ0) is 44.9. The van der Waals surface area contributed by atoms with Gasteiger partial charge in [0, 0.05) is 29.4 Å². The fraction of sp³-hybridized carbons (Fsp3) is 0.286. The number of amides is 1. The van der Waals surface area contributed by atoms with E-state index in [2.05, 4.69) is 19.9 Å². The summed E-state index contributed by atoms with van der Waals surface area (Å²) in [6.07, 6.45) is 3.62. The summed E-state index contributed by atoms with van der Waals surface area (Å²) in [5.74, 6) is 3.90. The molecule has 0 atom stereocenters. The van der Waals surface area contributed by atoms with Crippen LogP contribution in [0.15, 0.2) is 103 Å². The molecule has 7 rings (SSSR count). The number of carbonyl (C=O) groups excluding carboxylic acids is 1. The van der Waals surface area contributed by atoms with Gasteiger partial charge in [0.1, 0.15) is 39.1 Å². The molecule has 0 aliphatic heterocycles. The molecule has 0 bridgehead atoms. The number of carbonyl (C=O) groups is 1. The molecular weight excluding hydrogens is 825 g/mol. The van der Waals surface area contributed by atoms with Crippen LogP contribution in [-0.2, 0) is 0 Å². The maximum absolute atomic E-state index is 12.1. The smallest absolute Gasteiger partial charge is 0.254 e. The van der Waals surface area contributed by atoms with Gasteiger partial charge in [0.05, 0.1) is 68.7 Å². The minimum absolute atomic E-state index is 0.0881. The molecule has 324 valence electrons. The predicted molar refractivity (Wildman–Crippen MR) is 250 cm³/mol. The van der Waals surface area contributed by atoms with Crippen LogP contribution < -0.4 is 23.7 Å². The number of methoxy groups -OCH3 is 3. The second-order valence-electron chi connectivity index (χ2n) is 14.5. The standard InChI is InChI=1S/2C18H17ClN2O2.C13H19NO2/c2*1-11(2)23-14-5-7-16(20-10-14)17-9-12-8-13(22-3)4-6-15(12)18(19)21-17;1-5-14(6-2)13(15)12-8-7-11(16-4)9-10(12)3/h2*4-11H,1-3H3;7-9H,5-6H2,1-4H3. The van der Waals surface area contributed by atoms with Gasteiger partial charge in [-0.15, -0.1) is 0 Å². The highest BCUT2D eigenvalue weighted by molar-refractivity contribution is 6.35. The van der Waals surface area contributed by atoms with Crippen LogP contribution in [0.1, 0.15) is 57.5 Å². The SMILES string of the molecule is CCN(CC)C(=O)c1ccc(OC)cc1C.COc1ccc2c(Cl)nc(-c3ccc(OC(C)C)cn3)cc2c1.COc1ccc2c(Cl)nc(-c3ccc(OC(C)C)cn3)cc2c1. The Morgan fingerprint density at radius 2 is 0.968 bits per heavy atom. The lowest BCUT2D eigenvalue weighted by molar-refractivity contribution is 0.0772. The Balaban J connectivity index is 0.000000179. The van der Waals surface area contributed by atoms with E-state index in [1.807, 2.05) is 144 Å². The van der Waals surface area contributed by atoms with E-state index in [1.54, 1.807) is 33.7 Å². The molecule has 3 aromatic carbocycles. The Bertz CT molecular complexity index is 2440. The van der Waals surface area contributed by atoms with Gasteiger partial charge in [-0.2, -0.15) is 0 Å². The summed E-state index contributed by atoms with van der Waals surface area (Å²) in [6.45, 7) is 15.3. The summed E-state index contributed by atoms with van der Waals surface area (Å²) in [5, 5.41) is 4.59. The number of ether oxygens (including phenoxy) is 5. The van der Waals surface area contributed by atoms with Crippen molar-refractivity contribution < 1.29 is 28.5 Å². The number of fused-ring (bicyclic) bond motifs is 2. The normalized spacial score (nSPS) is 10.7. The summed E-state index contributed by atoms with van der Waals surface area (Å²) >= 11 is 12.6. The summed E-state index contributed by atoms with van der Waals surface area (Å²) in [4.78, 5) is 31.6. The van der Waals surface area contributed by atoms with E-state index in [0.29, 0.717) is 21.7 Å². The Morgan fingerprint density at radius 1 is 0.565 bits per heavy atom. The fourth-order valence-corrected chi connectivity index (χ4v) is 6.86. The number of nitrogens with zero attached hydrogens (tertiary/aromatic N) is 5. The molecule has 7 aromatic rings. The summed E-state index contributed by atoms with van der Waals surface area (Å²) < 4.78 is 26.9. The largest absolute Gasteiger partial charge is 0.497 e. The fourth-order valence-electron chi connectivity index (χ4n) is 6.34. The van der Waals surface area contributed by atoms with Crippen molar-refractivity contribution in [3.8, 4) is 51.5 Å². The lowest BCUT2D eigenvalue weighted by Gasteiger charge is -2.19. The van der Waals surface area contributed by atoms with Crippen molar-refractivity contribution >= 4 is 50.7 Å². The molecule has 0 saturated carbocycles. The highest BCUT2D eigenvalue weighted by Crippen LogP contribution is 2.32. The van der Waals surface area contributed by atoms with E-state index in [9.17, 15) is 4.79 Å². The first-order chi connectivity index (χ1) is 29.8. The van der Waals surface area contributed by atoms with Crippen molar-refractivity contribution in [2.75, 3.05) is 34.4 Å². The molecule has 0 aliphatic carbocycles.